The van der Waals surface area contributed by atoms with Crippen LogP contribution >= 0.6 is 15.9 Å². The van der Waals surface area contributed by atoms with E-state index < -0.39 is 0 Å². The zero-order valence-corrected chi connectivity index (χ0v) is 12.2. The fourth-order valence-corrected chi connectivity index (χ4v) is 3.15. The van der Waals surface area contributed by atoms with Gasteiger partial charge in [-0.05, 0) is 34.8 Å². The molecule has 0 atom stereocenters. The molecular weight excluding hydrogens is 294 g/mol. The predicted octanol–water partition coefficient (Wildman–Crippen LogP) is 1.71. The van der Waals surface area contributed by atoms with Crippen molar-refractivity contribution in [2.45, 2.75) is 18.9 Å². The van der Waals surface area contributed by atoms with Crippen LogP contribution in [0.1, 0.15) is 23.3 Å². The first-order chi connectivity index (χ1) is 8.65. The van der Waals surface area contributed by atoms with Crippen LogP contribution in [0.25, 0.3) is 0 Å². The number of aryl methyl sites for hydroxylation is 1. The van der Waals surface area contributed by atoms with Crippen molar-refractivity contribution in [3.05, 3.63) is 22.4 Å². The molecule has 1 aliphatic carbocycles. The minimum absolute atomic E-state index is 0.152. The summed E-state index contributed by atoms with van der Waals surface area (Å²) in [5.74, 6) is 0.152. The summed E-state index contributed by atoms with van der Waals surface area (Å²) in [5, 5.41) is 0. The minimum atomic E-state index is 0.152. The molecule has 1 amide bonds. The summed E-state index contributed by atoms with van der Waals surface area (Å²) in [5.41, 5.74) is 0.766. The van der Waals surface area contributed by atoms with E-state index in [4.69, 9.17) is 0 Å². The highest BCUT2D eigenvalue weighted by atomic mass is 79.9. The van der Waals surface area contributed by atoms with Crippen molar-refractivity contribution in [3.8, 4) is 0 Å². The first kappa shape index (κ1) is 12.2. The Morgan fingerprint density at radius 2 is 1.94 bits per heavy atom. The Morgan fingerprint density at radius 3 is 2.44 bits per heavy atom. The third-order valence-corrected chi connectivity index (χ3v) is 4.29. The number of piperazine rings is 1. The molecule has 0 aromatic carbocycles. The summed E-state index contributed by atoms with van der Waals surface area (Å²) in [7, 11) is 1.92. The van der Waals surface area contributed by atoms with Gasteiger partial charge in [0.1, 0.15) is 5.69 Å². The van der Waals surface area contributed by atoms with Crippen LogP contribution in [0.3, 0.4) is 0 Å². The zero-order valence-electron chi connectivity index (χ0n) is 10.6. The number of aromatic nitrogens is 1. The second kappa shape index (κ2) is 4.70. The van der Waals surface area contributed by atoms with E-state index in [0.717, 1.165) is 42.4 Å². The van der Waals surface area contributed by atoms with E-state index in [-0.39, 0.29) is 5.91 Å². The third kappa shape index (κ3) is 2.34. The van der Waals surface area contributed by atoms with Crippen molar-refractivity contribution in [2.75, 3.05) is 26.2 Å². The lowest BCUT2D eigenvalue weighted by Crippen LogP contribution is -2.49. The van der Waals surface area contributed by atoms with Gasteiger partial charge in [0.05, 0.1) is 0 Å². The van der Waals surface area contributed by atoms with E-state index in [1.54, 1.807) is 0 Å². The van der Waals surface area contributed by atoms with Crippen LogP contribution in [0, 0.1) is 0 Å². The second-order valence-electron chi connectivity index (χ2n) is 5.21. The van der Waals surface area contributed by atoms with Crippen molar-refractivity contribution in [1.82, 2.24) is 14.4 Å². The van der Waals surface area contributed by atoms with E-state index in [2.05, 4.69) is 20.8 Å². The molecule has 98 valence electrons. The van der Waals surface area contributed by atoms with Crippen molar-refractivity contribution in [2.24, 2.45) is 7.05 Å². The number of hydrogen-bond acceptors (Lipinski definition) is 2. The Balaban J connectivity index is 1.65. The molecule has 3 rings (SSSR count). The first-order valence-electron chi connectivity index (χ1n) is 6.50. The fourth-order valence-electron chi connectivity index (χ4n) is 2.63. The maximum Gasteiger partial charge on any atom is 0.270 e. The van der Waals surface area contributed by atoms with E-state index in [0.29, 0.717) is 0 Å². The molecule has 2 aliphatic rings. The van der Waals surface area contributed by atoms with Crippen LogP contribution in [0.2, 0.25) is 0 Å². The smallest absolute Gasteiger partial charge is 0.270 e. The average Bonchev–Trinajstić information content (AvgIpc) is 3.15. The monoisotopic (exact) mass is 311 g/mol. The average molecular weight is 312 g/mol. The molecule has 0 unspecified atom stereocenters. The van der Waals surface area contributed by atoms with E-state index in [1.165, 1.54) is 12.8 Å². The molecule has 2 heterocycles. The minimum Gasteiger partial charge on any atom is -0.345 e. The van der Waals surface area contributed by atoms with Gasteiger partial charge in [-0.15, -0.1) is 0 Å². The van der Waals surface area contributed by atoms with Gasteiger partial charge in [-0.2, -0.15) is 0 Å². The second-order valence-corrected chi connectivity index (χ2v) is 6.13. The molecule has 18 heavy (non-hydrogen) atoms. The predicted molar refractivity (Wildman–Crippen MR) is 73.6 cm³/mol. The van der Waals surface area contributed by atoms with Crippen LogP contribution in [0.5, 0.6) is 0 Å². The van der Waals surface area contributed by atoms with Crippen molar-refractivity contribution < 1.29 is 4.79 Å². The molecule has 0 N–H and O–H groups in total. The summed E-state index contributed by atoms with van der Waals surface area (Å²) in [4.78, 5) is 16.9. The Kier molecular flexibility index (Phi) is 3.20. The maximum atomic E-state index is 12.4. The number of amides is 1. The molecule has 4 nitrogen and oxygen atoms in total. The van der Waals surface area contributed by atoms with Gasteiger partial charge < -0.3 is 9.47 Å². The number of nitrogens with zero attached hydrogens (tertiary/aromatic N) is 3. The van der Waals surface area contributed by atoms with Gasteiger partial charge in [0.25, 0.3) is 5.91 Å². The third-order valence-electron chi connectivity index (χ3n) is 3.86. The summed E-state index contributed by atoms with van der Waals surface area (Å²) in [6.45, 7) is 3.78. The highest BCUT2D eigenvalue weighted by molar-refractivity contribution is 9.10. The number of hydrogen-bond donors (Lipinski definition) is 0. The van der Waals surface area contributed by atoms with Gasteiger partial charge in [-0.25, -0.2) is 0 Å². The van der Waals surface area contributed by atoms with Gasteiger partial charge in [0.15, 0.2) is 0 Å². The van der Waals surface area contributed by atoms with Crippen LogP contribution < -0.4 is 0 Å². The normalized spacial score (nSPS) is 21.3. The summed E-state index contributed by atoms with van der Waals surface area (Å²) in [6.07, 6.45) is 4.62. The lowest BCUT2D eigenvalue weighted by Gasteiger charge is -2.34. The highest BCUT2D eigenvalue weighted by Crippen LogP contribution is 2.27. The first-order valence-corrected chi connectivity index (χ1v) is 7.29. The Labute approximate surface area is 116 Å². The van der Waals surface area contributed by atoms with Gasteiger partial charge in [-0.1, -0.05) is 0 Å². The van der Waals surface area contributed by atoms with Gasteiger partial charge >= 0.3 is 0 Å². The topological polar surface area (TPSA) is 28.5 Å². The number of carbonyl (C=O) groups is 1. The maximum absolute atomic E-state index is 12.4. The van der Waals surface area contributed by atoms with Crippen LogP contribution in [0.4, 0.5) is 0 Å². The molecule has 1 aromatic rings. The van der Waals surface area contributed by atoms with Crippen molar-refractivity contribution in [1.29, 1.82) is 0 Å². The largest absolute Gasteiger partial charge is 0.345 e. The number of carbonyl (C=O) groups excluding carboxylic acids is 1. The molecule has 1 aromatic heterocycles. The van der Waals surface area contributed by atoms with E-state index in [9.17, 15) is 4.79 Å². The van der Waals surface area contributed by atoms with Crippen LogP contribution in [-0.2, 0) is 7.05 Å². The molecular formula is C13H18BrN3O. The molecule has 0 bridgehead atoms. The van der Waals surface area contributed by atoms with Gasteiger partial charge in [0, 0.05) is 49.9 Å². The van der Waals surface area contributed by atoms with Crippen LogP contribution in [-0.4, -0.2) is 52.5 Å². The molecule has 1 aliphatic heterocycles. The Bertz CT molecular complexity index is 459. The lowest BCUT2D eigenvalue weighted by atomic mass is 10.2. The summed E-state index contributed by atoms with van der Waals surface area (Å²) < 4.78 is 2.85. The van der Waals surface area contributed by atoms with E-state index >= 15 is 0 Å². The standard InChI is InChI=1S/C13H18BrN3O/c1-15-9-10(14)8-12(15)13(18)17-6-4-16(5-7-17)11-2-3-11/h8-9,11H,2-7H2,1H3. The van der Waals surface area contributed by atoms with E-state index in [1.807, 2.05) is 28.8 Å². The Hall–Kier alpha value is -0.810. The lowest BCUT2D eigenvalue weighted by molar-refractivity contribution is 0.0618. The summed E-state index contributed by atoms with van der Waals surface area (Å²) >= 11 is 3.41. The Morgan fingerprint density at radius 1 is 1.28 bits per heavy atom. The number of halogens is 1. The quantitative estimate of drug-likeness (QED) is 0.832. The zero-order chi connectivity index (χ0) is 12.7. The van der Waals surface area contributed by atoms with Crippen molar-refractivity contribution in [3.63, 3.8) is 0 Å². The molecule has 0 spiro atoms. The SMILES string of the molecule is Cn1cc(Br)cc1C(=O)N1CCN(C2CC2)CC1. The molecule has 1 saturated heterocycles. The highest BCUT2D eigenvalue weighted by Gasteiger charge is 2.32. The summed E-state index contributed by atoms with van der Waals surface area (Å²) in [6, 6.07) is 2.71. The van der Waals surface area contributed by atoms with Gasteiger partial charge in [-0.3, -0.25) is 9.69 Å². The molecule has 1 saturated carbocycles. The number of rotatable bonds is 2. The van der Waals surface area contributed by atoms with Crippen molar-refractivity contribution >= 4 is 21.8 Å². The van der Waals surface area contributed by atoms with Gasteiger partial charge in [0.2, 0.25) is 0 Å². The molecule has 2 fully saturated rings. The van der Waals surface area contributed by atoms with Crippen LogP contribution in [0.15, 0.2) is 16.7 Å². The molecule has 0 radical (unpaired) electrons. The molecule has 5 heteroatoms. The fraction of sp³-hybridized carbons (Fsp3) is 0.615.